The summed E-state index contributed by atoms with van der Waals surface area (Å²) in [5.74, 6) is 0. The number of hydrogen-bond acceptors (Lipinski definition) is 0. The lowest BCUT2D eigenvalue weighted by molar-refractivity contribution is 3.16. The van der Waals surface area contributed by atoms with Gasteiger partial charge in [-0.25, -0.2) is 0 Å². The molecule has 0 nitrogen and oxygen atoms in total. The van der Waals surface area contributed by atoms with Gasteiger partial charge in [0.25, 0.3) is 0 Å². The van der Waals surface area contributed by atoms with Crippen molar-refractivity contribution in [3.63, 3.8) is 0 Å². The zero-order valence-electron chi connectivity index (χ0n) is 38.1. The van der Waals surface area contributed by atoms with Crippen molar-refractivity contribution in [1.82, 2.24) is 0 Å². The van der Waals surface area contributed by atoms with Gasteiger partial charge in [-0.05, 0) is 0 Å². The summed E-state index contributed by atoms with van der Waals surface area (Å²) in [6.07, 6.45) is -48.3. The molecule has 68 radical (unpaired) electrons. The molecule has 0 aromatic carbocycles. The van der Waals surface area contributed by atoms with E-state index in [2.05, 4.69) is 0 Å². The van der Waals surface area contributed by atoms with Crippen LogP contribution < -0.4 is 0 Å². The van der Waals surface area contributed by atoms with Crippen LogP contribution >= 0.6 is 0 Å². The maximum atomic E-state index is 6.83. The molecule has 0 bridgehead atoms. The fourth-order valence-corrected chi connectivity index (χ4v) is 11.5. The Morgan fingerprint density at radius 3 is 0.227 bits per heavy atom. The van der Waals surface area contributed by atoms with E-state index in [1.54, 1.807) is 0 Å². The standard InChI is InChI=1S/B66/c1-35(2)52(36(3)4)60(51(33)34)64(59(49(29)30)50(31)32)66(63(57(45(21)22)46(23)24)58(47(25)26)48(27)28)65(61(53(37(5)6)38(7)8)54(39(9)10)40(11)12)62(55(41(13)14)42(15)16)56(43(17)18)44(19)20. The summed E-state index contributed by atoms with van der Waals surface area (Å²) in [5.41, 5.74) is 0. The summed E-state index contributed by atoms with van der Waals surface area (Å²) < 4.78 is 0. The van der Waals surface area contributed by atoms with Crippen molar-refractivity contribution in [3.8, 4) is 0 Å². The van der Waals surface area contributed by atoms with E-state index in [4.69, 9.17) is 263 Å². The molecule has 0 spiro atoms. The van der Waals surface area contributed by atoms with Gasteiger partial charge < -0.3 is 0 Å². The SMILES string of the molecule is [B]B([B])B(B([B])[B])B(B([B])[B])B(B(B([B])[B])B([B])[B])B(B(B(B([B])[B])B([B])[B])B(B([B])[B])B([B])[B])B(B(B(B([B])[B])B([B])[B])B(B([B])[B])B([B])[B])B(B(B([B])[B])B([B])[B])B(B([B])[B])B([B])[B]. The van der Waals surface area contributed by atoms with Gasteiger partial charge >= 0.3 is 0 Å². The molecule has 0 aromatic rings. The second-order valence-corrected chi connectivity index (χ2v) is 18.5. The predicted molar refractivity (Wildman–Crippen MR) is 380 cm³/mol. The first-order valence-corrected chi connectivity index (χ1v) is 21.7. The Bertz CT molecular complexity index is 1060. The highest BCUT2D eigenvalue weighted by atomic mass is 13.4. The van der Waals surface area contributed by atoms with Gasteiger partial charge in [0.15, 0.2) is 0 Å². The molecule has 0 fully saturated rings. The summed E-state index contributed by atoms with van der Waals surface area (Å²) in [6, 6.07) is 0. The van der Waals surface area contributed by atoms with E-state index in [-0.39, 0.29) is 0 Å². The van der Waals surface area contributed by atoms with E-state index in [0.29, 0.717) is 0 Å². The number of rotatable bonds is 31. The largest absolute Gasteiger partial charge is 0 e. The van der Waals surface area contributed by atoms with Crippen molar-refractivity contribution < 1.29 is 0 Å². The lowest BCUT2D eigenvalue weighted by atomic mass is 8.22. The van der Waals surface area contributed by atoms with Crippen LogP contribution in [0, 0.1) is 0 Å². The molecule has 0 heterocycles. The quantitative estimate of drug-likeness (QED) is 0.0628. The Labute approximate surface area is 463 Å². The normalized spacial score (nSPS) is 9.76. The van der Waals surface area contributed by atoms with E-state index >= 15 is 0 Å². The first kappa shape index (κ1) is 70.3. The first-order chi connectivity index (χ1) is 30.0. The highest BCUT2D eigenvalue weighted by Crippen LogP contribution is 2.25. The van der Waals surface area contributed by atoms with E-state index in [0.717, 1.165) is 0 Å². The van der Waals surface area contributed by atoms with Gasteiger partial charge in [-0.3, -0.25) is 0 Å². The van der Waals surface area contributed by atoms with Gasteiger partial charge in [0, 0.05) is 467 Å². The zero-order valence-corrected chi connectivity index (χ0v) is 38.1. The molecule has 0 saturated carbocycles. The molecule has 0 unspecified atom stereocenters. The van der Waals surface area contributed by atoms with Crippen LogP contribution in [0.4, 0.5) is 0 Å². The van der Waals surface area contributed by atoms with Gasteiger partial charge in [0.2, 0.25) is 0 Å². The second-order valence-electron chi connectivity index (χ2n) is 18.5. The predicted octanol–water partition coefficient (Wildman–Crippen LogP) is -25.1. The molecule has 0 aliphatic rings. The third kappa shape index (κ3) is 18.8. The fraction of sp³-hybridized carbons (Fsp3) is 0. The molecule has 0 aromatic heterocycles. The second kappa shape index (κ2) is 32.1. The van der Waals surface area contributed by atoms with Crippen molar-refractivity contribution in [2.45, 2.75) is 0 Å². The van der Waals surface area contributed by atoms with Crippen molar-refractivity contribution in [2.75, 3.05) is 0 Å². The molecule has 0 rings (SSSR count). The first-order valence-electron chi connectivity index (χ1n) is 21.7. The minimum Gasteiger partial charge on any atom is 0 e. The Morgan fingerprint density at radius 2 is 0.136 bits per heavy atom. The highest BCUT2D eigenvalue weighted by Gasteiger charge is 2.63. The minimum absolute atomic E-state index is 1.34. The van der Waals surface area contributed by atoms with Crippen LogP contribution in [0.1, 0.15) is 0 Å². The van der Waals surface area contributed by atoms with Crippen molar-refractivity contribution in [3.05, 3.63) is 0 Å². The number of hydrogen-bond donors (Lipinski definition) is 0. The zero-order chi connectivity index (χ0) is 52.5. The molecule has 66 heavy (non-hydrogen) atoms. The smallest absolute Gasteiger partial charge is 0 e. The molecule has 0 aliphatic carbocycles. The van der Waals surface area contributed by atoms with E-state index in [1.165, 1.54) is 0 Å². The van der Waals surface area contributed by atoms with Crippen LogP contribution in [0.2, 0.25) is 0 Å². The summed E-state index contributed by atoms with van der Waals surface area (Å²) >= 11 is 0. The Kier molecular flexibility index (Phi) is 34.2. The van der Waals surface area contributed by atoms with Gasteiger partial charge in [0.1, 0.15) is 0 Å². The summed E-state index contributed by atoms with van der Waals surface area (Å²) in [6.45, 7) is 0. The van der Waals surface area contributed by atoms with Crippen LogP contribution in [0.25, 0.3) is 0 Å². The molecule has 0 aliphatic heterocycles. The molecule has 66 heteroatoms. The van der Waals surface area contributed by atoms with Crippen molar-refractivity contribution >= 4 is 467 Å². The molecular formula is B66. The lowest BCUT2D eigenvalue weighted by Gasteiger charge is -2.60. The van der Waals surface area contributed by atoms with Crippen LogP contribution in [0.3, 0.4) is 0 Å². The van der Waals surface area contributed by atoms with Crippen LogP contribution in [0.5, 0.6) is 0 Å². The summed E-state index contributed by atoms with van der Waals surface area (Å²) in [5, 5.41) is 0. The van der Waals surface area contributed by atoms with Gasteiger partial charge in [-0.1, -0.05) is 0 Å². The van der Waals surface area contributed by atoms with Crippen molar-refractivity contribution in [2.24, 2.45) is 0 Å². The molecule has 0 amide bonds. The summed E-state index contributed by atoms with van der Waals surface area (Å²) in [7, 11) is 227. The summed E-state index contributed by atoms with van der Waals surface area (Å²) in [4.78, 5) is 0. The maximum absolute atomic E-state index is 6.83. The average Bonchev–Trinajstić information content (AvgIpc) is 3.08. The maximum Gasteiger partial charge on any atom is 0 e. The van der Waals surface area contributed by atoms with Gasteiger partial charge in [-0.15, -0.1) is 0 Å². The minimum atomic E-state index is -1.64. The van der Waals surface area contributed by atoms with E-state index in [9.17, 15) is 0 Å². The fourth-order valence-electron chi connectivity index (χ4n) is 11.5. The van der Waals surface area contributed by atoms with Crippen LogP contribution in [-0.4, -0.2) is 467 Å². The lowest BCUT2D eigenvalue weighted by Crippen LogP contribution is -2.98. The topological polar surface area (TPSA) is 0 Å². The Morgan fingerprint density at radius 1 is 0.0758 bits per heavy atom. The molecule has 0 atom stereocenters. The van der Waals surface area contributed by atoms with Gasteiger partial charge in [-0.2, -0.15) is 0 Å². The third-order valence-corrected chi connectivity index (χ3v) is 13.8. The van der Waals surface area contributed by atoms with E-state index in [1.807, 2.05) is 0 Å². The molecule has 0 N–H and O–H groups in total. The van der Waals surface area contributed by atoms with Crippen LogP contribution in [0.15, 0.2) is 0 Å². The molecule has 0 saturated heterocycles. The Balaban J connectivity index is 11.3. The monoisotopic (exact) mass is 727 g/mol. The Hall–Kier alpha value is 4.29. The van der Waals surface area contributed by atoms with Crippen molar-refractivity contribution in [1.29, 1.82) is 0 Å². The molecule has 198 valence electrons. The highest BCUT2D eigenvalue weighted by molar-refractivity contribution is 8.39. The average molecular weight is 714 g/mol. The third-order valence-electron chi connectivity index (χ3n) is 13.8. The van der Waals surface area contributed by atoms with E-state index < -0.39 is 204 Å². The molecular weight excluding hydrogens is 714 g/mol. The van der Waals surface area contributed by atoms with Gasteiger partial charge in [0.05, 0.1) is 0 Å². The van der Waals surface area contributed by atoms with Crippen LogP contribution in [-0.2, 0) is 0 Å².